The van der Waals surface area contributed by atoms with Crippen molar-refractivity contribution >= 4 is 46.6 Å². The lowest BCUT2D eigenvalue weighted by Crippen LogP contribution is -2.54. The van der Waals surface area contributed by atoms with E-state index < -0.39 is 64.4 Å². The Morgan fingerprint density at radius 2 is 1.49 bits per heavy atom. The molecular formula is C55H47N5O11. The van der Waals surface area contributed by atoms with E-state index in [-0.39, 0.29) is 42.3 Å². The maximum Gasteiger partial charge on any atom is 0.421 e. The van der Waals surface area contributed by atoms with E-state index in [1.54, 1.807) is 42.5 Å². The predicted molar refractivity (Wildman–Crippen MR) is 260 cm³/mol. The minimum absolute atomic E-state index is 0.0666. The summed E-state index contributed by atoms with van der Waals surface area (Å²) in [5, 5.41) is 34.9. The number of fused-ring (bicyclic) bond motifs is 3. The van der Waals surface area contributed by atoms with Gasteiger partial charge in [-0.2, -0.15) is 0 Å². The number of amides is 3. The number of esters is 1. The summed E-state index contributed by atoms with van der Waals surface area (Å²) in [6, 6.07) is 38.6. The van der Waals surface area contributed by atoms with Crippen LogP contribution in [-0.2, 0) is 40.6 Å². The van der Waals surface area contributed by atoms with Crippen LogP contribution in [0.15, 0.2) is 152 Å². The van der Waals surface area contributed by atoms with Crippen LogP contribution in [0.25, 0.3) is 0 Å². The second-order valence-electron chi connectivity index (χ2n) is 17.6. The van der Waals surface area contributed by atoms with Crippen LogP contribution in [0.1, 0.15) is 58.0 Å². The topological polar surface area (TPSA) is 201 Å². The van der Waals surface area contributed by atoms with Crippen molar-refractivity contribution in [2.24, 2.45) is 5.92 Å². The highest BCUT2D eigenvalue weighted by Crippen LogP contribution is 2.66. The highest BCUT2D eigenvalue weighted by molar-refractivity contribution is 6.24. The van der Waals surface area contributed by atoms with Gasteiger partial charge in [0, 0.05) is 48.6 Å². The molecule has 4 aliphatic heterocycles. The summed E-state index contributed by atoms with van der Waals surface area (Å²) < 4.78 is 18.0. The summed E-state index contributed by atoms with van der Waals surface area (Å²) in [4.78, 5) is 78.3. The minimum atomic E-state index is -2.15. The molecule has 0 radical (unpaired) electrons. The number of ether oxygens (including phenoxy) is 3. The molecule has 16 heteroatoms. The van der Waals surface area contributed by atoms with E-state index >= 15 is 14.4 Å². The molecule has 10 rings (SSSR count). The van der Waals surface area contributed by atoms with Crippen LogP contribution in [-0.4, -0.2) is 82.9 Å². The number of phenols is 1. The second-order valence-corrected chi connectivity index (χ2v) is 17.6. The highest BCUT2D eigenvalue weighted by atomic mass is 16.6. The highest BCUT2D eigenvalue weighted by Gasteiger charge is 2.75. The molecule has 4 heterocycles. The molecule has 3 N–H and O–H groups in total. The Bertz CT molecular complexity index is 3050. The van der Waals surface area contributed by atoms with Gasteiger partial charge in [-0.1, -0.05) is 84.6 Å². The maximum atomic E-state index is 16.5. The van der Waals surface area contributed by atoms with Crippen molar-refractivity contribution in [1.29, 1.82) is 0 Å². The second kappa shape index (κ2) is 19.6. The number of carbonyl (C=O) groups is 4. The van der Waals surface area contributed by atoms with Gasteiger partial charge in [-0.15, -0.1) is 0 Å². The molecule has 6 atom stereocenters. The van der Waals surface area contributed by atoms with Crippen molar-refractivity contribution in [1.82, 2.24) is 4.90 Å². The predicted octanol–water partition coefficient (Wildman–Crippen LogP) is 7.51. The summed E-state index contributed by atoms with van der Waals surface area (Å²) in [6.45, 7) is 1.91. The average Bonchev–Trinajstić information content (AvgIpc) is 3.85. The van der Waals surface area contributed by atoms with Crippen LogP contribution in [0.2, 0.25) is 0 Å². The van der Waals surface area contributed by atoms with Crippen LogP contribution in [0, 0.1) is 27.9 Å². The molecule has 0 aliphatic carbocycles. The molecule has 6 aromatic carbocycles. The summed E-state index contributed by atoms with van der Waals surface area (Å²) in [5.41, 5.74) is 1.80. The van der Waals surface area contributed by atoms with Crippen molar-refractivity contribution in [3.05, 3.63) is 195 Å². The molecule has 3 saturated heterocycles. The fourth-order valence-corrected chi connectivity index (χ4v) is 10.6. The Labute approximate surface area is 408 Å². The number of nitrogens with zero attached hydrogens (tertiary/aromatic N) is 4. The number of nitro benzene ring substituents is 1. The van der Waals surface area contributed by atoms with Gasteiger partial charge in [0.1, 0.15) is 29.9 Å². The lowest BCUT2D eigenvalue weighted by Gasteiger charge is -2.46. The smallest absolute Gasteiger partial charge is 0.421 e. The standard InChI is InChI=1S/C55H47N5O11/c61-30-8-7-9-35-16-27-45-44(33-35)55(53(65)58(45)54(66)70-34-36-14-21-42(22-15-36)60(67)68)46(51(63)56-40-19-23-41(24-20-40)57-28-31-69-32-29-57)48-52(64)71-49(38-12-5-2-6-13-38)47(37-10-3-1-4-11-37)59(48)50(55)39-17-25-43(62)26-18-39/h1-6,10-27,33,46-50,61-62H,8,28-32,34H2,(H,56,63)/t46-,47-,48-,49+,50+,55-/m1/s1. The number of phenolic OH excluding ortho intramolecular Hbond substituents is 1. The van der Waals surface area contributed by atoms with Gasteiger partial charge in [-0.25, -0.2) is 9.69 Å². The zero-order chi connectivity index (χ0) is 49.2. The zero-order valence-electron chi connectivity index (χ0n) is 38.1. The van der Waals surface area contributed by atoms with Crippen molar-refractivity contribution in [2.45, 2.75) is 42.7 Å². The van der Waals surface area contributed by atoms with E-state index in [1.807, 2.05) is 77.7 Å². The third-order valence-corrected chi connectivity index (χ3v) is 13.6. The Morgan fingerprint density at radius 1 is 0.817 bits per heavy atom. The number of aliphatic hydroxyl groups excluding tert-OH is 1. The number of rotatable bonds is 10. The Morgan fingerprint density at radius 3 is 2.15 bits per heavy atom. The molecule has 71 heavy (non-hydrogen) atoms. The molecule has 4 aliphatic rings. The van der Waals surface area contributed by atoms with Crippen molar-refractivity contribution in [2.75, 3.05) is 48.0 Å². The van der Waals surface area contributed by atoms with Gasteiger partial charge in [-0.05, 0) is 94.5 Å². The number of non-ortho nitro benzene ring substituents is 1. The molecule has 0 unspecified atom stereocenters. The molecule has 0 bridgehead atoms. The summed E-state index contributed by atoms with van der Waals surface area (Å²) >= 11 is 0. The van der Waals surface area contributed by atoms with Gasteiger partial charge < -0.3 is 34.6 Å². The van der Waals surface area contributed by atoms with Crippen LogP contribution in [0.3, 0.4) is 0 Å². The number of aliphatic hydroxyl groups is 1. The van der Waals surface area contributed by atoms with E-state index in [4.69, 9.17) is 14.2 Å². The van der Waals surface area contributed by atoms with E-state index in [9.17, 15) is 25.1 Å². The molecular weight excluding hydrogens is 907 g/mol. The SMILES string of the molecule is O=C1O[C@@H](c2ccccc2)[C@@H](c2ccccc2)N2[C@@H](c3ccc(O)cc3)[C@]3(C(=O)N(C(=O)OCc4ccc([N+](=O)[O-])cc4)c4ccc(C#CCCO)cc43)[C@@H](C(=O)Nc3ccc(N4CCOCC4)cc3)[C@H]12. The number of nitrogens with one attached hydrogen (secondary N) is 1. The summed E-state index contributed by atoms with van der Waals surface area (Å²) in [5.74, 6) is 1.89. The fraction of sp³-hybridized carbons (Fsp3) is 0.236. The first-order valence-electron chi connectivity index (χ1n) is 23.2. The number of cyclic esters (lactones) is 1. The fourth-order valence-electron chi connectivity index (χ4n) is 10.6. The van der Waals surface area contributed by atoms with E-state index in [0.717, 1.165) is 10.6 Å². The summed E-state index contributed by atoms with van der Waals surface area (Å²) in [7, 11) is 0. The normalized spacial score (nSPS) is 22.5. The number of benzene rings is 6. The molecule has 3 amide bonds. The Hall–Kier alpha value is -8.36. The maximum absolute atomic E-state index is 16.5. The van der Waals surface area contributed by atoms with Gasteiger partial charge in [0.25, 0.3) is 5.69 Å². The van der Waals surface area contributed by atoms with E-state index in [1.165, 1.54) is 36.4 Å². The molecule has 6 aromatic rings. The first kappa shape index (κ1) is 46.4. The number of hydrogen-bond donors (Lipinski definition) is 3. The molecule has 0 saturated carbocycles. The van der Waals surface area contributed by atoms with Gasteiger partial charge >= 0.3 is 12.1 Å². The average molecular weight is 954 g/mol. The number of morpholine rings is 2. The van der Waals surface area contributed by atoms with Gasteiger partial charge in [0.15, 0.2) is 0 Å². The third kappa shape index (κ3) is 8.50. The minimum Gasteiger partial charge on any atom is -0.508 e. The van der Waals surface area contributed by atoms with Crippen LogP contribution < -0.4 is 15.1 Å². The number of imide groups is 1. The monoisotopic (exact) mass is 953 g/mol. The molecule has 0 aromatic heterocycles. The number of nitro groups is 1. The van der Waals surface area contributed by atoms with Crippen LogP contribution in [0.5, 0.6) is 5.75 Å². The zero-order valence-corrected chi connectivity index (χ0v) is 38.1. The van der Waals surface area contributed by atoms with Crippen LogP contribution >= 0.6 is 0 Å². The number of carbonyl (C=O) groups excluding carboxylic acids is 4. The first-order chi connectivity index (χ1) is 34.6. The van der Waals surface area contributed by atoms with Crippen molar-refractivity contribution < 1.29 is 48.5 Å². The van der Waals surface area contributed by atoms with E-state index in [0.29, 0.717) is 59.8 Å². The Kier molecular flexibility index (Phi) is 12.8. The Balaban J connectivity index is 1.20. The molecule has 1 spiro atoms. The van der Waals surface area contributed by atoms with Crippen LogP contribution in [0.4, 0.5) is 27.5 Å². The van der Waals surface area contributed by atoms with Crippen molar-refractivity contribution in [3.63, 3.8) is 0 Å². The lowest BCUT2D eigenvalue weighted by molar-refractivity contribution is -0.384. The number of hydrogen-bond acceptors (Lipinski definition) is 13. The van der Waals surface area contributed by atoms with Gasteiger partial charge in [0.05, 0.1) is 48.4 Å². The van der Waals surface area contributed by atoms with Crippen molar-refractivity contribution in [3.8, 4) is 17.6 Å². The number of anilines is 3. The van der Waals surface area contributed by atoms with Gasteiger partial charge in [-0.3, -0.25) is 29.4 Å². The molecule has 16 nitrogen and oxygen atoms in total. The number of aromatic hydroxyl groups is 1. The third-order valence-electron chi connectivity index (χ3n) is 13.6. The summed E-state index contributed by atoms with van der Waals surface area (Å²) in [6.07, 6.45) is -1.94. The van der Waals surface area contributed by atoms with E-state index in [2.05, 4.69) is 22.1 Å². The van der Waals surface area contributed by atoms with Gasteiger partial charge in [0.2, 0.25) is 11.8 Å². The lowest BCUT2D eigenvalue weighted by atomic mass is 9.65. The first-order valence-corrected chi connectivity index (χ1v) is 23.2. The molecule has 358 valence electrons. The molecule has 3 fully saturated rings. The quantitative estimate of drug-likeness (QED) is 0.0528. The largest absolute Gasteiger partial charge is 0.508 e.